The van der Waals surface area contributed by atoms with Gasteiger partial charge < -0.3 is 0 Å². The van der Waals surface area contributed by atoms with E-state index in [1.165, 1.54) is 7.05 Å². The van der Waals surface area contributed by atoms with Gasteiger partial charge in [-0.15, -0.1) is 0 Å². The van der Waals surface area contributed by atoms with Crippen LogP contribution in [0.15, 0.2) is 4.74 Å². The van der Waals surface area contributed by atoms with Crippen LogP contribution in [0.5, 0.6) is 0 Å². The molecule has 0 radical (unpaired) electrons. The molecule has 0 N–H and O–H groups in total. The second kappa shape index (κ2) is 2.42. The topological polar surface area (TPSA) is 12.4 Å². The van der Waals surface area contributed by atoms with Crippen molar-refractivity contribution < 1.29 is 0 Å². The fourth-order valence-electron chi connectivity index (χ4n) is 0. The lowest BCUT2D eigenvalue weighted by Crippen LogP contribution is -1.35. The first-order valence-corrected chi connectivity index (χ1v) is 5.61. The molecule has 0 aromatic heterocycles. The summed E-state index contributed by atoms with van der Waals surface area (Å²) in [5.74, 6) is 0. The predicted octanol–water partition coefficient (Wildman–Crippen LogP) is 3.28. The number of halogens is 3. The van der Waals surface area contributed by atoms with Gasteiger partial charge in [-0.2, -0.15) is 0 Å². The van der Waals surface area contributed by atoms with Crippen LogP contribution in [0.25, 0.3) is 0 Å². The lowest BCUT2D eigenvalue weighted by Gasteiger charge is -1.87. The Balaban J connectivity index is 3.79. The van der Waals surface area contributed by atoms with Crippen LogP contribution in [-0.2, 0) is 0 Å². The minimum atomic E-state index is -2.35. The van der Waals surface area contributed by atoms with Gasteiger partial charge in [-0.25, -0.2) is 0 Å². The van der Waals surface area contributed by atoms with E-state index in [9.17, 15) is 0 Å². The van der Waals surface area contributed by atoms with E-state index in [1.54, 1.807) is 0 Å². The number of rotatable bonds is 0. The van der Waals surface area contributed by atoms with Crippen LogP contribution in [0.4, 0.5) is 0 Å². The summed E-state index contributed by atoms with van der Waals surface area (Å²) < 4.78 is 3.43. The van der Waals surface area contributed by atoms with Gasteiger partial charge in [0.15, 0.2) is 0 Å². The molecule has 0 aromatic rings. The SMILES string of the molecule is CN=P(Cl)(Cl)Cl. The van der Waals surface area contributed by atoms with Crippen LogP contribution < -0.4 is 0 Å². The lowest BCUT2D eigenvalue weighted by molar-refractivity contribution is 1.51. The van der Waals surface area contributed by atoms with Crippen molar-refractivity contribution >= 4 is 38.8 Å². The van der Waals surface area contributed by atoms with Gasteiger partial charge in [0.1, 0.15) is 0 Å². The molecule has 1 nitrogen and oxygen atoms in total. The van der Waals surface area contributed by atoms with Crippen molar-refractivity contribution in [3.63, 3.8) is 0 Å². The van der Waals surface area contributed by atoms with E-state index in [1.807, 2.05) is 0 Å². The minimum Gasteiger partial charge on any atom is -0.264 e. The second-order valence-electron chi connectivity index (χ2n) is 0.618. The highest BCUT2D eigenvalue weighted by molar-refractivity contribution is 8.26. The Kier molecular flexibility index (Phi) is 2.86. The van der Waals surface area contributed by atoms with Crippen molar-refractivity contribution in [1.29, 1.82) is 0 Å². The molecule has 0 atom stereocenters. The molecule has 0 bridgehead atoms. The number of hydrogen-bond acceptors (Lipinski definition) is 1. The molecule has 6 heavy (non-hydrogen) atoms. The molecule has 0 aliphatic rings. The van der Waals surface area contributed by atoms with E-state index >= 15 is 0 Å². The van der Waals surface area contributed by atoms with Crippen LogP contribution in [0.1, 0.15) is 0 Å². The summed E-state index contributed by atoms with van der Waals surface area (Å²) in [6.07, 6.45) is 0. The van der Waals surface area contributed by atoms with E-state index in [0.717, 1.165) is 0 Å². The van der Waals surface area contributed by atoms with Gasteiger partial charge in [0, 0.05) is 7.05 Å². The molecule has 38 valence electrons. The fraction of sp³-hybridized carbons (Fsp3) is 1.00. The molecule has 0 saturated heterocycles. The highest BCUT2D eigenvalue weighted by Crippen LogP contribution is 2.64. The summed E-state index contributed by atoms with van der Waals surface area (Å²) in [6.45, 7) is 0. The van der Waals surface area contributed by atoms with Gasteiger partial charge in [-0.3, -0.25) is 4.74 Å². The molecule has 0 heterocycles. The third-order valence-corrected chi connectivity index (χ3v) is 2.04. The van der Waals surface area contributed by atoms with Crippen molar-refractivity contribution in [2.45, 2.75) is 0 Å². The molecule has 0 rings (SSSR count). The van der Waals surface area contributed by atoms with Crippen molar-refractivity contribution in [3.05, 3.63) is 0 Å². The summed E-state index contributed by atoms with van der Waals surface area (Å²) >= 11 is 15.6. The van der Waals surface area contributed by atoms with Crippen molar-refractivity contribution in [1.82, 2.24) is 0 Å². The summed E-state index contributed by atoms with van der Waals surface area (Å²) in [7, 11) is 1.49. The molecule has 0 fully saturated rings. The summed E-state index contributed by atoms with van der Waals surface area (Å²) in [5, 5.41) is -2.35. The van der Waals surface area contributed by atoms with Gasteiger partial charge in [0.05, 0.1) is 0 Å². The van der Waals surface area contributed by atoms with Crippen molar-refractivity contribution in [2.24, 2.45) is 4.74 Å². The second-order valence-corrected chi connectivity index (χ2v) is 7.82. The molecular weight excluding hydrogens is 163 g/mol. The Hall–Kier alpha value is 1.10. The Morgan fingerprint density at radius 3 is 1.50 bits per heavy atom. The molecule has 0 aliphatic carbocycles. The van der Waals surface area contributed by atoms with Crippen molar-refractivity contribution in [2.75, 3.05) is 7.05 Å². The van der Waals surface area contributed by atoms with Gasteiger partial charge in [-0.1, -0.05) is 0 Å². The molecule has 0 spiro atoms. The molecule has 0 aromatic carbocycles. The van der Waals surface area contributed by atoms with Gasteiger partial charge >= 0.3 is 0 Å². The number of hydrogen-bond donors (Lipinski definition) is 0. The maximum absolute atomic E-state index is 5.19. The van der Waals surface area contributed by atoms with E-state index in [0.29, 0.717) is 0 Å². The molecule has 0 amide bonds. The highest BCUT2D eigenvalue weighted by Gasteiger charge is 1.99. The van der Waals surface area contributed by atoms with Crippen LogP contribution in [0.2, 0.25) is 0 Å². The summed E-state index contributed by atoms with van der Waals surface area (Å²) in [5.41, 5.74) is 0. The average Bonchev–Trinajstić information content (AvgIpc) is 1.35. The first kappa shape index (κ1) is 7.10. The van der Waals surface area contributed by atoms with Crippen LogP contribution in [0, 0.1) is 0 Å². The molecule has 5 heteroatoms. The van der Waals surface area contributed by atoms with Crippen LogP contribution >= 0.6 is 38.8 Å². The Morgan fingerprint density at radius 2 is 1.50 bits per heavy atom. The van der Waals surface area contributed by atoms with Gasteiger partial charge in [0.2, 0.25) is 5.11 Å². The maximum Gasteiger partial charge on any atom is 0.223 e. The Morgan fingerprint density at radius 1 is 1.33 bits per heavy atom. The van der Waals surface area contributed by atoms with Crippen LogP contribution in [-0.4, -0.2) is 7.05 Å². The maximum atomic E-state index is 5.19. The van der Waals surface area contributed by atoms with Crippen LogP contribution in [0.3, 0.4) is 0 Å². The molecular formula is CH3Cl3NP. The summed E-state index contributed by atoms with van der Waals surface area (Å²) in [6, 6.07) is 0. The fourth-order valence-corrected chi connectivity index (χ4v) is 0. The average molecular weight is 166 g/mol. The monoisotopic (exact) mass is 165 g/mol. The normalized spacial score (nSPS) is 11.3. The standard InChI is InChI=1S/CH3Cl3NP/c1-5-6(2,3)4/h1H3. The van der Waals surface area contributed by atoms with Gasteiger partial charge in [-0.05, 0) is 33.7 Å². The van der Waals surface area contributed by atoms with E-state index in [-0.39, 0.29) is 0 Å². The zero-order valence-corrected chi connectivity index (χ0v) is 6.19. The van der Waals surface area contributed by atoms with E-state index < -0.39 is 5.11 Å². The molecule has 0 aliphatic heterocycles. The zero-order valence-electron chi connectivity index (χ0n) is 3.03. The third-order valence-electron chi connectivity index (χ3n) is 0.227. The summed E-state index contributed by atoms with van der Waals surface area (Å²) in [4.78, 5) is 0. The Bertz CT molecular complexity index is 74.5. The predicted molar refractivity (Wildman–Crippen MR) is 32.8 cm³/mol. The molecule has 0 saturated carbocycles. The smallest absolute Gasteiger partial charge is 0.223 e. The van der Waals surface area contributed by atoms with Crippen molar-refractivity contribution in [3.8, 4) is 0 Å². The van der Waals surface area contributed by atoms with Gasteiger partial charge in [0.25, 0.3) is 0 Å². The largest absolute Gasteiger partial charge is 0.264 e. The first-order valence-electron chi connectivity index (χ1n) is 1.15. The quantitative estimate of drug-likeness (QED) is 0.490. The third kappa shape index (κ3) is 5.10. The minimum absolute atomic E-state index is 1.49. The zero-order chi connectivity index (χ0) is 5.21. The number of nitrogens with zero attached hydrogens (tertiary/aromatic N) is 1. The van der Waals surface area contributed by atoms with E-state index in [2.05, 4.69) is 4.74 Å². The Labute approximate surface area is 51.0 Å². The lowest BCUT2D eigenvalue weighted by atomic mass is 11.6. The van der Waals surface area contributed by atoms with E-state index in [4.69, 9.17) is 33.7 Å². The first-order chi connectivity index (χ1) is 2.56. The molecule has 0 unspecified atom stereocenters. The highest BCUT2D eigenvalue weighted by atomic mass is 36.0.